The van der Waals surface area contributed by atoms with E-state index in [1.165, 1.54) is 21.7 Å². The number of benzene rings is 8. The highest BCUT2D eigenvalue weighted by molar-refractivity contribution is 6.17. The molecule has 0 spiro atoms. The van der Waals surface area contributed by atoms with Gasteiger partial charge in [-0.05, 0) is 53.6 Å². The van der Waals surface area contributed by atoms with Crippen LogP contribution in [0, 0.1) is 0 Å². The van der Waals surface area contributed by atoms with Gasteiger partial charge in [-0.2, -0.15) is 0 Å². The summed E-state index contributed by atoms with van der Waals surface area (Å²) in [5.74, 6) is 1.85. The number of hydrogen-bond donors (Lipinski definition) is 0. The molecule has 11 aromatic rings. The number of rotatable bonds is 6. The van der Waals surface area contributed by atoms with Gasteiger partial charge in [-0.15, -0.1) is 0 Å². The Bertz CT molecular complexity index is 3170. The average Bonchev–Trinajstić information content (AvgIpc) is 3.80. The zero-order valence-corrected chi connectivity index (χ0v) is 30.3. The molecule has 262 valence electrons. The first-order valence-electron chi connectivity index (χ1n) is 18.9. The van der Waals surface area contributed by atoms with Crippen LogP contribution in [0.15, 0.2) is 200 Å². The normalized spacial score (nSPS) is 11.6. The molecular formula is C51H33N5. The Morgan fingerprint density at radius 1 is 0.286 bits per heavy atom. The average molecular weight is 716 g/mol. The fourth-order valence-electron chi connectivity index (χ4n) is 8.21. The molecule has 5 nitrogen and oxygen atoms in total. The first-order chi connectivity index (χ1) is 27.8. The van der Waals surface area contributed by atoms with E-state index in [0.29, 0.717) is 17.5 Å². The van der Waals surface area contributed by atoms with Gasteiger partial charge in [-0.1, -0.05) is 158 Å². The number of nitrogens with zero attached hydrogens (tertiary/aromatic N) is 5. The minimum absolute atomic E-state index is 0.606. The summed E-state index contributed by atoms with van der Waals surface area (Å²) in [7, 11) is 0. The second-order valence-corrected chi connectivity index (χ2v) is 14.1. The van der Waals surface area contributed by atoms with Crippen LogP contribution >= 0.6 is 0 Å². The van der Waals surface area contributed by atoms with Gasteiger partial charge in [0.25, 0.3) is 0 Å². The predicted molar refractivity (Wildman–Crippen MR) is 230 cm³/mol. The van der Waals surface area contributed by atoms with Crippen molar-refractivity contribution in [1.82, 2.24) is 24.1 Å². The van der Waals surface area contributed by atoms with E-state index in [4.69, 9.17) is 15.0 Å². The fraction of sp³-hybridized carbons (Fsp3) is 0. The molecule has 0 atom stereocenters. The van der Waals surface area contributed by atoms with E-state index in [1.54, 1.807) is 0 Å². The molecule has 0 unspecified atom stereocenters. The molecule has 0 aliphatic carbocycles. The Labute approximate surface area is 323 Å². The summed E-state index contributed by atoms with van der Waals surface area (Å²) in [4.78, 5) is 15.6. The van der Waals surface area contributed by atoms with Gasteiger partial charge in [-0.3, -0.25) is 0 Å². The summed E-state index contributed by atoms with van der Waals surface area (Å²) >= 11 is 0. The van der Waals surface area contributed by atoms with Gasteiger partial charge in [0.1, 0.15) is 0 Å². The van der Waals surface area contributed by atoms with E-state index in [2.05, 4.69) is 185 Å². The van der Waals surface area contributed by atoms with Gasteiger partial charge in [0.2, 0.25) is 0 Å². The highest BCUT2D eigenvalue weighted by atomic mass is 15.0. The zero-order chi connectivity index (χ0) is 37.0. The maximum atomic E-state index is 5.27. The highest BCUT2D eigenvalue weighted by Gasteiger charge is 2.22. The molecule has 0 fully saturated rings. The number of fused-ring (bicyclic) bond motifs is 6. The molecule has 0 saturated carbocycles. The molecule has 8 aromatic carbocycles. The van der Waals surface area contributed by atoms with Crippen LogP contribution in [-0.4, -0.2) is 24.1 Å². The Hall–Kier alpha value is -7.63. The largest absolute Gasteiger partial charge is 0.309 e. The quantitative estimate of drug-likeness (QED) is 0.172. The molecule has 0 aliphatic rings. The third kappa shape index (κ3) is 5.21. The zero-order valence-electron chi connectivity index (χ0n) is 30.3. The van der Waals surface area contributed by atoms with Crippen LogP contribution in [0.4, 0.5) is 0 Å². The lowest BCUT2D eigenvalue weighted by Gasteiger charge is -2.15. The SMILES string of the molecule is c1ccc(-c2ccc(-c3nc(-c4ccccc4)nc(-c4cc(-n5c6ccccc6c6ccccc65)c5c6ccccc6n(-c6ccccc6)c5c4)n3)cc2)cc1. The van der Waals surface area contributed by atoms with Gasteiger partial charge < -0.3 is 9.13 Å². The van der Waals surface area contributed by atoms with Crippen molar-refractivity contribution in [2.45, 2.75) is 0 Å². The van der Waals surface area contributed by atoms with Gasteiger partial charge in [0.05, 0.1) is 27.8 Å². The molecule has 56 heavy (non-hydrogen) atoms. The smallest absolute Gasteiger partial charge is 0.164 e. The van der Waals surface area contributed by atoms with Crippen molar-refractivity contribution in [3.05, 3.63) is 200 Å². The number of para-hydroxylation sites is 4. The monoisotopic (exact) mass is 715 g/mol. The predicted octanol–water partition coefficient (Wildman–Crippen LogP) is 12.7. The van der Waals surface area contributed by atoms with Crippen molar-refractivity contribution in [3.63, 3.8) is 0 Å². The van der Waals surface area contributed by atoms with Crippen molar-refractivity contribution < 1.29 is 0 Å². The second-order valence-electron chi connectivity index (χ2n) is 14.1. The van der Waals surface area contributed by atoms with Crippen LogP contribution in [0.2, 0.25) is 0 Å². The van der Waals surface area contributed by atoms with Gasteiger partial charge in [0, 0.05) is 43.9 Å². The highest BCUT2D eigenvalue weighted by Crippen LogP contribution is 2.42. The lowest BCUT2D eigenvalue weighted by Crippen LogP contribution is -2.02. The number of hydrogen-bond acceptors (Lipinski definition) is 3. The molecule has 3 aromatic heterocycles. The van der Waals surface area contributed by atoms with Crippen molar-refractivity contribution in [1.29, 1.82) is 0 Å². The van der Waals surface area contributed by atoms with Gasteiger partial charge in [0.15, 0.2) is 17.5 Å². The minimum atomic E-state index is 0.606. The topological polar surface area (TPSA) is 48.5 Å². The first-order valence-corrected chi connectivity index (χ1v) is 18.9. The van der Waals surface area contributed by atoms with Crippen LogP contribution in [0.5, 0.6) is 0 Å². The van der Waals surface area contributed by atoms with Gasteiger partial charge in [-0.25, -0.2) is 15.0 Å². The third-order valence-corrected chi connectivity index (χ3v) is 10.8. The maximum absolute atomic E-state index is 5.27. The van der Waals surface area contributed by atoms with Crippen LogP contribution in [0.1, 0.15) is 0 Å². The molecule has 3 heterocycles. The van der Waals surface area contributed by atoms with E-state index < -0.39 is 0 Å². The van der Waals surface area contributed by atoms with E-state index in [-0.39, 0.29) is 0 Å². The molecule has 0 saturated heterocycles. The van der Waals surface area contributed by atoms with Crippen LogP contribution < -0.4 is 0 Å². The second kappa shape index (κ2) is 13.0. The van der Waals surface area contributed by atoms with Gasteiger partial charge >= 0.3 is 0 Å². The molecule has 5 heteroatoms. The maximum Gasteiger partial charge on any atom is 0.164 e. The Morgan fingerprint density at radius 3 is 1.29 bits per heavy atom. The fourth-order valence-corrected chi connectivity index (χ4v) is 8.21. The van der Waals surface area contributed by atoms with Crippen LogP contribution in [0.25, 0.3) is 100 Å². The molecule has 0 aliphatic heterocycles. The summed E-state index contributed by atoms with van der Waals surface area (Å²) < 4.78 is 4.79. The van der Waals surface area contributed by atoms with E-state index in [1.807, 2.05) is 24.3 Å². The van der Waals surface area contributed by atoms with E-state index >= 15 is 0 Å². The van der Waals surface area contributed by atoms with Crippen molar-refractivity contribution in [3.8, 4) is 56.7 Å². The van der Waals surface area contributed by atoms with Crippen LogP contribution in [0.3, 0.4) is 0 Å². The third-order valence-electron chi connectivity index (χ3n) is 10.8. The summed E-state index contributed by atoms with van der Waals surface area (Å²) in [5.41, 5.74) is 11.7. The first kappa shape index (κ1) is 31.9. The molecular weight excluding hydrogens is 683 g/mol. The summed E-state index contributed by atoms with van der Waals surface area (Å²) in [6.45, 7) is 0. The minimum Gasteiger partial charge on any atom is -0.309 e. The standard InChI is InChI=1S/C51H33N5/c1-4-16-34(17-5-1)35-28-30-37(31-29-35)50-52-49(36-18-6-2-7-19-36)53-51(54-50)38-32-46-48(42-24-12-15-27-45(42)55(46)39-20-8-3-9-21-39)47(33-38)56-43-25-13-10-22-40(43)41-23-11-14-26-44(41)56/h1-33H. The summed E-state index contributed by atoms with van der Waals surface area (Å²) in [5, 5.41) is 4.76. The van der Waals surface area contributed by atoms with E-state index in [9.17, 15) is 0 Å². The lowest BCUT2D eigenvalue weighted by atomic mass is 10.0. The van der Waals surface area contributed by atoms with E-state index in [0.717, 1.165) is 61.1 Å². The molecule has 0 N–H and O–H groups in total. The molecule has 11 rings (SSSR count). The molecule has 0 amide bonds. The van der Waals surface area contributed by atoms with Crippen molar-refractivity contribution in [2.24, 2.45) is 0 Å². The lowest BCUT2D eigenvalue weighted by molar-refractivity contribution is 1.07. The summed E-state index contributed by atoms with van der Waals surface area (Å²) in [6, 6.07) is 70.3. The summed E-state index contributed by atoms with van der Waals surface area (Å²) in [6.07, 6.45) is 0. The molecule has 0 radical (unpaired) electrons. The molecule has 0 bridgehead atoms. The van der Waals surface area contributed by atoms with Crippen molar-refractivity contribution in [2.75, 3.05) is 0 Å². The number of aromatic nitrogens is 5. The Morgan fingerprint density at radius 2 is 0.696 bits per heavy atom. The van der Waals surface area contributed by atoms with Crippen LogP contribution in [-0.2, 0) is 0 Å². The Balaban J connectivity index is 1.23. The van der Waals surface area contributed by atoms with Crippen molar-refractivity contribution >= 4 is 43.6 Å². The Kier molecular flexibility index (Phi) is 7.42.